The molecule has 1 aliphatic carbocycles. The molecule has 2 fully saturated rings. The number of benzene rings is 2. The third-order valence-corrected chi connectivity index (χ3v) is 6.35. The molecule has 3 aromatic rings. The maximum absolute atomic E-state index is 13.4. The summed E-state index contributed by atoms with van der Waals surface area (Å²) in [6.07, 6.45) is 2.02. The van der Waals surface area contributed by atoms with Gasteiger partial charge in [-0.05, 0) is 42.5 Å². The molecule has 1 amide bonds. The third-order valence-electron chi connectivity index (χ3n) is 6.35. The zero-order valence-electron chi connectivity index (χ0n) is 16.6. The van der Waals surface area contributed by atoms with Crippen LogP contribution < -0.4 is 11.1 Å². The summed E-state index contributed by atoms with van der Waals surface area (Å²) >= 11 is 0. The Balaban J connectivity index is 1.39. The maximum Gasteiger partial charge on any atom is 0.417 e. The molecule has 3 N–H and O–H groups in total. The Morgan fingerprint density at radius 3 is 2.77 bits per heavy atom. The van der Waals surface area contributed by atoms with Gasteiger partial charge in [-0.1, -0.05) is 36.4 Å². The molecule has 2 atom stereocenters. The summed E-state index contributed by atoms with van der Waals surface area (Å²) in [4.78, 5) is 29.8. The Morgan fingerprint density at radius 1 is 1.27 bits per heavy atom. The van der Waals surface area contributed by atoms with E-state index in [1.807, 2.05) is 42.5 Å². The highest BCUT2D eigenvalue weighted by atomic mass is 16.4. The van der Waals surface area contributed by atoms with Crippen molar-refractivity contribution in [2.75, 3.05) is 19.6 Å². The summed E-state index contributed by atoms with van der Waals surface area (Å²) in [6.45, 7) is 2.13. The number of H-pyrrole nitrogens is 1. The number of hydrogen-bond donors (Lipinski definition) is 3. The molecule has 2 heterocycles. The number of likely N-dealkylation sites (tertiary alicyclic amines) is 1. The van der Waals surface area contributed by atoms with Gasteiger partial charge in [0.25, 0.3) is 0 Å². The zero-order chi connectivity index (χ0) is 20.7. The van der Waals surface area contributed by atoms with Crippen molar-refractivity contribution in [3.05, 3.63) is 70.2 Å². The number of oxazole rings is 1. The second-order valence-corrected chi connectivity index (χ2v) is 8.45. The minimum absolute atomic E-state index is 0.00119. The zero-order valence-corrected chi connectivity index (χ0v) is 16.6. The summed E-state index contributed by atoms with van der Waals surface area (Å²) in [5.74, 6) is -0.491. The van der Waals surface area contributed by atoms with E-state index in [4.69, 9.17) is 4.42 Å². The summed E-state index contributed by atoms with van der Waals surface area (Å²) in [5.41, 5.74) is 2.49. The standard InChI is InChI=1S/C23H25N3O4/c27-17-8-11-26(13-17)14-19(15-4-2-1-3-5-15)24-21(28)23(9-10-23)16-6-7-20-18(12-16)25-22(29)30-20/h1-7,12,17,19,27H,8-11,13-14H2,(H,24,28)(H,25,29)/t17-,19+/m0/s1. The minimum Gasteiger partial charge on any atom is -0.408 e. The summed E-state index contributed by atoms with van der Waals surface area (Å²) in [5, 5.41) is 13.2. The van der Waals surface area contributed by atoms with Crippen LogP contribution in [0.5, 0.6) is 0 Å². The fraction of sp³-hybridized carbons (Fsp3) is 0.391. The van der Waals surface area contributed by atoms with Crippen LogP contribution in [0.15, 0.2) is 57.7 Å². The van der Waals surface area contributed by atoms with E-state index in [2.05, 4.69) is 15.2 Å². The number of aromatic nitrogens is 1. The van der Waals surface area contributed by atoms with Crippen molar-refractivity contribution in [3.8, 4) is 0 Å². The van der Waals surface area contributed by atoms with Crippen molar-refractivity contribution in [1.29, 1.82) is 0 Å². The Kier molecular flexibility index (Phi) is 4.72. The summed E-state index contributed by atoms with van der Waals surface area (Å²) in [7, 11) is 0. The van der Waals surface area contributed by atoms with Gasteiger partial charge in [0.2, 0.25) is 5.91 Å². The number of nitrogens with one attached hydrogen (secondary N) is 2. The Hall–Kier alpha value is -2.90. The van der Waals surface area contributed by atoms with Crippen molar-refractivity contribution in [2.45, 2.75) is 36.8 Å². The van der Waals surface area contributed by atoms with Gasteiger partial charge < -0.3 is 14.8 Å². The molecule has 0 radical (unpaired) electrons. The van der Waals surface area contributed by atoms with Crippen molar-refractivity contribution < 1.29 is 14.3 Å². The van der Waals surface area contributed by atoms with Crippen LogP contribution in [0.2, 0.25) is 0 Å². The van der Waals surface area contributed by atoms with Gasteiger partial charge in [0.15, 0.2) is 5.58 Å². The fourth-order valence-corrected chi connectivity index (χ4v) is 4.47. The van der Waals surface area contributed by atoms with E-state index in [1.165, 1.54) is 0 Å². The first-order chi connectivity index (χ1) is 14.5. The number of hydrogen-bond acceptors (Lipinski definition) is 5. The lowest BCUT2D eigenvalue weighted by atomic mass is 9.93. The van der Waals surface area contributed by atoms with E-state index in [9.17, 15) is 14.7 Å². The van der Waals surface area contributed by atoms with Crippen LogP contribution in [0.4, 0.5) is 0 Å². The van der Waals surface area contributed by atoms with E-state index < -0.39 is 11.2 Å². The molecule has 1 aliphatic heterocycles. The average Bonchev–Trinajstić information content (AvgIpc) is 3.33. The average molecular weight is 407 g/mol. The monoisotopic (exact) mass is 407 g/mol. The smallest absolute Gasteiger partial charge is 0.408 e. The molecule has 0 bridgehead atoms. The molecule has 2 aromatic carbocycles. The van der Waals surface area contributed by atoms with Crippen LogP contribution in [-0.2, 0) is 10.2 Å². The topological polar surface area (TPSA) is 98.6 Å². The summed E-state index contributed by atoms with van der Waals surface area (Å²) in [6, 6.07) is 15.3. The van der Waals surface area contributed by atoms with Crippen LogP contribution in [0.3, 0.4) is 0 Å². The molecular formula is C23H25N3O4. The highest BCUT2D eigenvalue weighted by Gasteiger charge is 2.52. The number of aliphatic hydroxyl groups is 1. The SMILES string of the molecule is O=C(N[C@H](CN1CC[C@H](O)C1)c1ccccc1)C1(c2ccc3oc(=O)[nH]c3c2)CC1. The minimum atomic E-state index is -0.570. The van der Waals surface area contributed by atoms with Crippen LogP contribution in [-0.4, -0.2) is 46.6 Å². The highest BCUT2D eigenvalue weighted by Crippen LogP contribution is 2.49. The van der Waals surface area contributed by atoms with Crippen LogP contribution in [0.1, 0.15) is 36.4 Å². The number of carbonyl (C=O) groups excluding carboxylic acids is 1. The summed E-state index contributed by atoms with van der Waals surface area (Å²) < 4.78 is 5.08. The predicted octanol–water partition coefficient (Wildman–Crippen LogP) is 2.08. The highest BCUT2D eigenvalue weighted by molar-refractivity contribution is 5.92. The van der Waals surface area contributed by atoms with Gasteiger partial charge in [0.05, 0.1) is 23.1 Å². The first-order valence-electron chi connectivity index (χ1n) is 10.4. The maximum atomic E-state index is 13.4. The van der Waals surface area contributed by atoms with E-state index in [0.717, 1.165) is 36.9 Å². The van der Waals surface area contributed by atoms with Crippen molar-refractivity contribution in [2.24, 2.45) is 0 Å². The second-order valence-electron chi connectivity index (χ2n) is 8.45. The van der Waals surface area contributed by atoms with E-state index >= 15 is 0 Å². The molecule has 2 aliphatic rings. The van der Waals surface area contributed by atoms with Gasteiger partial charge in [0.1, 0.15) is 0 Å². The van der Waals surface area contributed by atoms with E-state index in [-0.39, 0.29) is 18.1 Å². The number of fused-ring (bicyclic) bond motifs is 1. The van der Waals surface area contributed by atoms with Crippen LogP contribution in [0.25, 0.3) is 11.1 Å². The molecular weight excluding hydrogens is 382 g/mol. The third kappa shape index (κ3) is 3.55. The molecule has 156 valence electrons. The fourth-order valence-electron chi connectivity index (χ4n) is 4.47. The van der Waals surface area contributed by atoms with Gasteiger partial charge in [0, 0.05) is 19.6 Å². The molecule has 7 heteroatoms. The molecule has 1 saturated carbocycles. The molecule has 30 heavy (non-hydrogen) atoms. The van der Waals surface area contributed by atoms with Gasteiger partial charge in [-0.3, -0.25) is 14.7 Å². The number of aliphatic hydroxyl groups excluding tert-OH is 1. The van der Waals surface area contributed by atoms with Crippen molar-refractivity contribution >= 4 is 17.0 Å². The number of β-amino-alcohol motifs (C(OH)–C–C–N with tert-alkyl or cyclic N) is 1. The lowest BCUT2D eigenvalue weighted by molar-refractivity contribution is -0.124. The van der Waals surface area contributed by atoms with E-state index in [0.29, 0.717) is 24.2 Å². The Bertz CT molecular complexity index is 1120. The van der Waals surface area contributed by atoms with Gasteiger partial charge in [-0.15, -0.1) is 0 Å². The largest absolute Gasteiger partial charge is 0.417 e. The molecule has 1 saturated heterocycles. The Morgan fingerprint density at radius 2 is 2.07 bits per heavy atom. The number of aromatic amines is 1. The molecule has 1 aromatic heterocycles. The number of rotatable bonds is 6. The van der Waals surface area contributed by atoms with Gasteiger partial charge in [-0.25, -0.2) is 4.79 Å². The van der Waals surface area contributed by atoms with Crippen molar-refractivity contribution in [1.82, 2.24) is 15.2 Å². The lowest BCUT2D eigenvalue weighted by Gasteiger charge is -2.27. The quantitative estimate of drug-likeness (QED) is 0.581. The number of amides is 1. The molecule has 0 spiro atoms. The first-order valence-corrected chi connectivity index (χ1v) is 10.4. The lowest BCUT2D eigenvalue weighted by Crippen LogP contribution is -2.42. The molecule has 0 unspecified atom stereocenters. The number of carbonyl (C=O) groups is 1. The number of nitrogens with zero attached hydrogens (tertiary/aromatic N) is 1. The Labute approximate surface area is 173 Å². The predicted molar refractivity (Wildman–Crippen MR) is 112 cm³/mol. The molecule has 7 nitrogen and oxygen atoms in total. The van der Waals surface area contributed by atoms with E-state index in [1.54, 1.807) is 6.07 Å². The molecule has 5 rings (SSSR count). The first kappa shape index (κ1) is 19.1. The second kappa shape index (κ2) is 7.41. The van der Waals surface area contributed by atoms with Crippen molar-refractivity contribution in [3.63, 3.8) is 0 Å². The van der Waals surface area contributed by atoms with Crippen LogP contribution >= 0.6 is 0 Å². The normalized spacial score (nSPS) is 21.6. The van der Waals surface area contributed by atoms with Gasteiger partial charge in [-0.2, -0.15) is 0 Å². The van der Waals surface area contributed by atoms with Gasteiger partial charge >= 0.3 is 5.76 Å². The van der Waals surface area contributed by atoms with Crippen LogP contribution in [0, 0.1) is 0 Å².